The van der Waals surface area contributed by atoms with E-state index in [2.05, 4.69) is 5.32 Å². The quantitative estimate of drug-likeness (QED) is 0.356. The van der Waals surface area contributed by atoms with Gasteiger partial charge in [-0.15, -0.1) is 0 Å². The van der Waals surface area contributed by atoms with Crippen molar-refractivity contribution in [1.82, 2.24) is 5.32 Å². The maximum absolute atomic E-state index is 11.2. The highest BCUT2D eigenvalue weighted by Gasteiger charge is 2.25. The number of nitrogens with two attached hydrogens (primary N) is 1. The van der Waals surface area contributed by atoms with Gasteiger partial charge in [0.05, 0.1) is 6.61 Å². The molecule has 1 heterocycles. The summed E-state index contributed by atoms with van der Waals surface area (Å²) in [6, 6.07) is 12.1. The minimum absolute atomic E-state index is 0.109. The van der Waals surface area contributed by atoms with Crippen LogP contribution in [0.2, 0.25) is 0 Å². The zero-order valence-corrected chi connectivity index (χ0v) is 19.1. The molecule has 9 nitrogen and oxygen atoms in total. The van der Waals surface area contributed by atoms with Gasteiger partial charge in [-0.1, -0.05) is 6.07 Å². The molecular weight excluding hydrogens is 440 g/mol. The Kier molecular flexibility index (Phi) is 8.46. The second-order valence-electron chi connectivity index (χ2n) is 8.55. The highest BCUT2D eigenvalue weighted by atomic mass is 16.6. The van der Waals surface area contributed by atoms with Gasteiger partial charge in [-0.2, -0.15) is 0 Å². The maximum Gasteiger partial charge on any atom is 0.248 e. The molecule has 184 valence electrons. The van der Waals surface area contributed by atoms with E-state index in [-0.39, 0.29) is 12.7 Å². The molecule has 0 saturated heterocycles. The lowest BCUT2D eigenvalue weighted by atomic mass is 10.2. The van der Waals surface area contributed by atoms with Crippen molar-refractivity contribution in [2.75, 3.05) is 46.1 Å². The molecule has 0 spiro atoms. The molecule has 1 amide bonds. The van der Waals surface area contributed by atoms with E-state index in [4.69, 9.17) is 29.4 Å². The largest absolute Gasteiger partial charge is 0.492 e. The van der Waals surface area contributed by atoms with E-state index in [1.807, 2.05) is 6.07 Å². The molecule has 0 bridgehead atoms. The molecule has 0 aromatic heterocycles. The summed E-state index contributed by atoms with van der Waals surface area (Å²) in [6.45, 7) is 3.14. The van der Waals surface area contributed by atoms with E-state index in [1.54, 1.807) is 36.4 Å². The van der Waals surface area contributed by atoms with Crippen LogP contribution in [0.5, 0.6) is 23.0 Å². The first-order chi connectivity index (χ1) is 16.6. The van der Waals surface area contributed by atoms with Crippen LogP contribution in [0.15, 0.2) is 42.5 Å². The molecule has 2 aromatic rings. The minimum atomic E-state index is -0.695. The highest BCUT2D eigenvalue weighted by Crippen LogP contribution is 2.35. The monoisotopic (exact) mass is 472 g/mol. The maximum atomic E-state index is 11.2. The van der Waals surface area contributed by atoms with Crippen molar-refractivity contribution in [3.05, 3.63) is 48.0 Å². The van der Waals surface area contributed by atoms with E-state index in [9.17, 15) is 9.90 Å². The highest BCUT2D eigenvalue weighted by molar-refractivity contribution is 5.93. The lowest BCUT2D eigenvalue weighted by molar-refractivity contribution is 0.00551. The third-order valence-electron chi connectivity index (χ3n) is 5.48. The first-order valence-corrected chi connectivity index (χ1v) is 11.6. The van der Waals surface area contributed by atoms with Crippen molar-refractivity contribution in [1.29, 1.82) is 0 Å². The van der Waals surface area contributed by atoms with E-state index < -0.39 is 12.0 Å². The van der Waals surface area contributed by atoms with Crippen LogP contribution in [0.4, 0.5) is 0 Å². The molecule has 1 aliphatic carbocycles. The normalized spacial score (nSPS) is 17.7. The number of nitrogens with one attached hydrogen (secondary N) is 1. The van der Waals surface area contributed by atoms with E-state index >= 15 is 0 Å². The fraction of sp³-hybridized carbons (Fsp3) is 0.480. The second kappa shape index (κ2) is 11.9. The summed E-state index contributed by atoms with van der Waals surface area (Å²) in [5.74, 6) is 2.69. The van der Waals surface area contributed by atoms with Crippen LogP contribution in [0, 0.1) is 5.92 Å². The summed E-state index contributed by atoms with van der Waals surface area (Å²) in [4.78, 5) is 11.2. The number of amides is 1. The Labute approximate surface area is 199 Å². The SMILES string of the molecule is NC(=O)c1cccc(OCCNC[C@H](O)COc2ccc3c(c2)OC[C@@H](COCC2CC2)O3)c1. The Morgan fingerprint density at radius 3 is 2.79 bits per heavy atom. The van der Waals surface area contributed by atoms with Gasteiger partial charge in [0, 0.05) is 31.3 Å². The standard InChI is InChI=1S/C25H32N2O7/c26-25(29)18-2-1-3-20(10-18)31-9-8-27-12-19(28)14-32-21-6-7-23-24(11-21)33-16-22(34-23)15-30-13-17-4-5-17/h1-3,6-7,10-11,17,19,22,27-28H,4-5,8-9,12-16H2,(H2,26,29)/t19-,22+/m0/s1. The Morgan fingerprint density at radius 1 is 1.12 bits per heavy atom. The van der Waals surface area contributed by atoms with Crippen LogP contribution in [-0.4, -0.2) is 69.3 Å². The summed E-state index contributed by atoms with van der Waals surface area (Å²) >= 11 is 0. The van der Waals surface area contributed by atoms with Crippen LogP contribution < -0.4 is 30.0 Å². The molecule has 2 aliphatic rings. The van der Waals surface area contributed by atoms with Crippen molar-refractivity contribution in [2.24, 2.45) is 11.7 Å². The van der Waals surface area contributed by atoms with Gasteiger partial charge in [0.25, 0.3) is 0 Å². The number of aliphatic hydroxyl groups is 1. The summed E-state index contributed by atoms with van der Waals surface area (Å²) < 4.78 is 28.7. The second-order valence-corrected chi connectivity index (χ2v) is 8.55. The predicted octanol–water partition coefficient (Wildman–Crippen LogP) is 1.76. The van der Waals surface area contributed by atoms with Gasteiger partial charge in [0.15, 0.2) is 17.6 Å². The Morgan fingerprint density at radius 2 is 1.97 bits per heavy atom. The molecule has 2 atom stereocenters. The average Bonchev–Trinajstić information content (AvgIpc) is 3.67. The number of ether oxygens (including phenoxy) is 5. The topological polar surface area (TPSA) is 122 Å². The summed E-state index contributed by atoms with van der Waals surface area (Å²) in [6.07, 6.45) is 1.73. The minimum Gasteiger partial charge on any atom is -0.492 e. The first kappa shape index (κ1) is 24.1. The van der Waals surface area contributed by atoms with Gasteiger partial charge >= 0.3 is 0 Å². The van der Waals surface area contributed by atoms with Crippen LogP contribution in [-0.2, 0) is 4.74 Å². The third-order valence-corrected chi connectivity index (χ3v) is 5.48. The number of carbonyl (C=O) groups is 1. The summed E-state index contributed by atoms with van der Waals surface area (Å²) in [5, 5.41) is 13.3. The molecule has 0 radical (unpaired) electrons. The lowest BCUT2D eigenvalue weighted by Crippen LogP contribution is -2.34. The smallest absolute Gasteiger partial charge is 0.248 e. The lowest BCUT2D eigenvalue weighted by Gasteiger charge is -2.26. The van der Waals surface area contributed by atoms with E-state index in [0.717, 1.165) is 12.5 Å². The van der Waals surface area contributed by atoms with Crippen molar-refractivity contribution >= 4 is 5.91 Å². The molecule has 4 N–H and O–H groups in total. The molecule has 1 saturated carbocycles. The van der Waals surface area contributed by atoms with Crippen molar-refractivity contribution in [2.45, 2.75) is 25.0 Å². The van der Waals surface area contributed by atoms with Crippen LogP contribution in [0.1, 0.15) is 23.2 Å². The summed E-state index contributed by atoms with van der Waals surface area (Å²) in [7, 11) is 0. The Hall–Kier alpha value is -3.01. The molecular formula is C25H32N2O7. The molecule has 2 aromatic carbocycles. The predicted molar refractivity (Wildman–Crippen MR) is 125 cm³/mol. The number of aliphatic hydroxyl groups excluding tert-OH is 1. The Bertz CT molecular complexity index is 951. The number of fused-ring (bicyclic) bond motifs is 1. The van der Waals surface area contributed by atoms with Gasteiger partial charge in [0.1, 0.15) is 37.4 Å². The molecule has 1 aliphatic heterocycles. The van der Waals surface area contributed by atoms with E-state index in [0.29, 0.717) is 61.5 Å². The number of rotatable bonds is 14. The first-order valence-electron chi connectivity index (χ1n) is 11.6. The van der Waals surface area contributed by atoms with Crippen molar-refractivity contribution in [3.8, 4) is 23.0 Å². The zero-order valence-electron chi connectivity index (χ0n) is 19.1. The number of carbonyl (C=O) groups excluding carboxylic acids is 1. The number of primary amides is 1. The van der Waals surface area contributed by atoms with Gasteiger partial charge in [-0.3, -0.25) is 4.79 Å². The van der Waals surface area contributed by atoms with Gasteiger partial charge in [0.2, 0.25) is 5.91 Å². The number of benzene rings is 2. The molecule has 4 rings (SSSR count). The van der Waals surface area contributed by atoms with Crippen LogP contribution in [0.25, 0.3) is 0 Å². The van der Waals surface area contributed by atoms with Crippen molar-refractivity contribution < 1.29 is 33.6 Å². The van der Waals surface area contributed by atoms with Gasteiger partial charge in [-0.25, -0.2) is 0 Å². The average molecular weight is 473 g/mol. The van der Waals surface area contributed by atoms with Crippen LogP contribution >= 0.6 is 0 Å². The molecule has 9 heteroatoms. The van der Waals surface area contributed by atoms with Gasteiger partial charge < -0.3 is 39.8 Å². The summed E-state index contributed by atoms with van der Waals surface area (Å²) in [5.41, 5.74) is 5.66. The van der Waals surface area contributed by atoms with E-state index in [1.165, 1.54) is 12.8 Å². The van der Waals surface area contributed by atoms with Gasteiger partial charge in [-0.05, 0) is 49.1 Å². The van der Waals surface area contributed by atoms with Crippen LogP contribution in [0.3, 0.4) is 0 Å². The fourth-order valence-electron chi connectivity index (χ4n) is 3.42. The number of hydrogen-bond donors (Lipinski definition) is 3. The molecule has 0 unspecified atom stereocenters. The van der Waals surface area contributed by atoms with Crippen molar-refractivity contribution in [3.63, 3.8) is 0 Å². The Balaban J connectivity index is 1.10. The molecule has 34 heavy (non-hydrogen) atoms. The molecule has 1 fully saturated rings. The zero-order chi connectivity index (χ0) is 23.8. The third kappa shape index (κ3) is 7.51. The fourth-order valence-corrected chi connectivity index (χ4v) is 3.42. The number of hydrogen-bond acceptors (Lipinski definition) is 8.